The van der Waals surface area contributed by atoms with Crippen LogP contribution in [0.1, 0.15) is 48.9 Å². The van der Waals surface area contributed by atoms with Gasteiger partial charge in [-0.05, 0) is 74.6 Å². The summed E-state index contributed by atoms with van der Waals surface area (Å²) in [6, 6.07) is 7.67. The maximum atomic E-state index is 12.1. The molecule has 1 aromatic carbocycles. The van der Waals surface area contributed by atoms with Crippen LogP contribution in [0, 0.1) is 11.8 Å². The Morgan fingerprint density at radius 1 is 1.00 bits per heavy atom. The zero-order chi connectivity index (χ0) is 16.5. The fraction of sp³-hybridized carbons (Fsp3) is 0.579. The van der Waals surface area contributed by atoms with Crippen LogP contribution in [0.25, 0.3) is 0 Å². The van der Waals surface area contributed by atoms with Crippen LogP contribution < -0.4 is 15.4 Å². The first-order valence-corrected chi connectivity index (χ1v) is 9.02. The second-order valence-corrected chi connectivity index (χ2v) is 7.33. The molecule has 2 N–H and O–H groups in total. The number of ether oxygens (including phenoxy) is 1. The number of hydrogen-bond acceptors (Lipinski definition) is 3. The number of carbonyl (C=O) groups is 2. The van der Waals surface area contributed by atoms with Crippen molar-refractivity contribution in [2.75, 3.05) is 6.61 Å². The predicted octanol–water partition coefficient (Wildman–Crippen LogP) is 2.26. The van der Waals surface area contributed by atoms with E-state index in [4.69, 9.17) is 4.74 Å². The molecular formula is C19H24N2O3. The van der Waals surface area contributed by atoms with Crippen LogP contribution in [0.5, 0.6) is 5.75 Å². The van der Waals surface area contributed by atoms with Crippen LogP contribution in [0.2, 0.25) is 0 Å². The van der Waals surface area contributed by atoms with Crippen LogP contribution in [0.3, 0.4) is 0 Å². The average molecular weight is 328 g/mol. The van der Waals surface area contributed by atoms with Crippen molar-refractivity contribution in [2.24, 2.45) is 11.8 Å². The second-order valence-electron chi connectivity index (χ2n) is 7.33. The third-order valence-corrected chi connectivity index (χ3v) is 4.99. The van der Waals surface area contributed by atoms with Crippen molar-refractivity contribution in [3.8, 4) is 5.75 Å². The summed E-state index contributed by atoms with van der Waals surface area (Å²) in [5.74, 6) is 1.90. The van der Waals surface area contributed by atoms with Crippen LogP contribution in [0.4, 0.5) is 0 Å². The van der Waals surface area contributed by atoms with Gasteiger partial charge in [-0.2, -0.15) is 0 Å². The van der Waals surface area contributed by atoms with E-state index in [2.05, 4.69) is 10.6 Å². The standard InChI is InChI=1S/C19H24N2O3/c22-17(21-18(12-1-2-12)13-3-4-13)11-24-16-9-5-14(6-10-16)19(23)20-15-7-8-15/h5-6,9-10,12-13,15,18H,1-4,7-8,11H2,(H,20,23)(H,21,22). The van der Waals surface area contributed by atoms with E-state index in [9.17, 15) is 9.59 Å². The lowest BCUT2D eigenvalue weighted by molar-refractivity contribution is -0.124. The van der Waals surface area contributed by atoms with Crippen molar-refractivity contribution in [1.82, 2.24) is 10.6 Å². The van der Waals surface area contributed by atoms with Gasteiger partial charge in [0.2, 0.25) is 0 Å². The third kappa shape index (κ3) is 4.08. The first-order chi connectivity index (χ1) is 11.7. The van der Waals surface area contributed by atoms with E-state index in [1.54, 1.807) is 24.3 Å². The maximum Gasteiger partial charge on any atom is 0.258 e. The van der Waals surface area contributed by atoms with E-state index in [0.717, 1.165) is 12.8 Å². The minimum Gasteiger partial charge on any atom is -0.484 e. The molecule has 5 nitrogen and oxygen atoms in total. The minimum absolute atomic E-state index is 0.0313. The highest BCUT2D eigenvalue weighted by atomic mass is 16.5. The van der Waals surface area contributed by atoms with Crippen molar-refractivity contribution in [3.63, 3.8) is 0 Å². The van der Waals surface area contributed by atoms with Gasteiger partial charge in [-0.25, -0.2) is 0 Å². The molecule has 3 fully saturated rings. The number of carbonyl (C=O) groups excluding carboxylic acids is 2. The number of rotatable bonds is 8. The van der Waals surface area contributed by atoms with Crippen molar-refractivity contribution < 1.29 is 14.3 Å². The normalized spacial score (nSPS) is 19.9. The van der Waals surface area contributed by atoms with Crippen molar-refractivity contribution in [1.29, 1.82) is 0 Å². The largest absolute Gasteiger partial charge is 0.484 e. The monoisotopic (exact) mass is 328 g/mol. The van der Waals surface area contributed by atoms with Crippen LogP contribution >= 0.6 is 0 Å². The molecule has 0 aliphatic heterocycles. The Morgan fingerprint density at radius 3 is 2.17 bits per heavy atom. The summed E-state index contributed by atoms with van der Waals surface area (Å²) in [7, 11) is 0. The van der Waals surface area contributed by atoms with E-state index in [1.807, 2.05) is 0 Å². The molecule has 0 radical (unpaired) electrons. The molecule has 128 valence electrons. The quantitative estimate of drug-likeness (QED) is 0.769. The summed E-state index contributed by atoms with van der Waals surface area (Å²) in [6.45, 7) is 0.0313. The first-order valence-electron chi connectivity index (χ1n) is 9.02. The molecule has 4 rings (SSSR count). The molecule has 5 heteroatoms. The summed E-state index contributed by atoms with van der Waals surface area (Å²) in [5, 5.41) is 6.09. The van der Waals surface area contributed by atoms with Crippen molar-refractivity contribution in [3.05, 3.63) is 29.8 Å². The van der Waals surface area contributed by atoms with Gasteiger partial charge >= 0.3 is 0 Å². The first kappa shape index (κ1) is 15.5. The number of hydrogen-bond donors (Lipinski definition) is 2. The Morgan fingerprint density at radius 2 is 1.62 bits per heavy atom. The van der Waals surface area contributed by atoms with Gasteiger partial charge in [-0.15, -0.1) is 0 Å². The van der Waals surface area contributed by atoms with Gasteiger partial charge in [0.15, 0.2) is 6.61 Å². The molecule has 0 saturated heterocycles. The highest BCUT2D eigenvalue weighted by Gasteiger charge is 2.42. The van der Waals surface area contributed by atoms with Gasteiger partial charge < -0.3 is 15.4 Å². The van der Waals surface area contributed by atoms with Crippen molar-refractivity contribution >= 4 is 11.8 Å². The zero-order valence-electron chi connectivity index (χ0n) is 13.8. The lowest BCUT2D eigenvalue weighted by Gasteiger charge is -2.17. The molecule has 0 heterocycles. The summed E-state index contributed by atoms with van der Waals surface area (Å²) in [4.78, 5) is 24.0. The van der Waals surface area contributed by atoms with Gasteiger partial charge in [0.1, 0.15) is 5.75 Å². The lowest BCUT2D eigenvalue weighted by Crippen LogP contribution is -2.40. The molecule has 3 aliphatic carbocycles. The van der Waals surface area contributed by atoms with E-state index in [0.29, 0.717) is 35.2 Å². The summed E-state index contributed by atoms with van der Waals surface area (Å²) in [5.41, 5.74) is 0.626. The van der Waals surface area contributed by atoms with Gasteiger partial charge in [0.05, 0.1) is 0 Å². The maximum absolute atomic E-state index is 12.1. The van der Waals surface area contributed by atoms with E-state index >= 15 is 0 Å². The molecular weight excluding hydrogens is 304 g/mol. The molecule has 0 unspecified atom stereocenters. The molecule has 0 bridgehead atoms. The smallest absolute Gasteiger partial charge is 0.258 e. The van der Waals surface area contributed by atoms with Crippen molar-refractivity contribution in [2.45, 2.75) is 50.6 Å². The molecule has 0 spiro atoms. The van der Waals surface area contributed by atoms with E-state index < -0.39 is 0 Å². The molecule has 3 saturated carbocycles. The molecule has 24 heavy (non-hydrogen) atoms. The number of nitrogens with one attached hydrogen (secondary N) is 2. The topological polar surface area (TPSA) is 67.4 Å². The Kier molecular flexibility index (Phi) is 4.17. The van der Waals surface area contributed by atoms with E-state index in [1.165, 1.54) is 25.7 Å². The fourth-order valence-corrected chi connectivity index (χ4v) is 3.11. The van der Waals surface area contributed by atoms with Crippen LogP contribution in [-0.4, -0.2) is 30.5 Å². The summed E-state index contributed by atoms with van der Waals surface area (Å²) >= 11 is 0. The molecule has 1 aromatic rings. The zero-order valence-corrected chi connectivity index (χ0v) is 13.8. The van der Waals surface area contributed by atoms with Gasteiger partial charge in [0.25, 0.3) is 11.8 Å². The SMILES string of the molecule is O=C(COc1ccc(C(=O)NC2CC2)cc1)NC(C1CC1)C1CC1. The molecule has 3 aliphatic rings. The Balaban J connectivity index is 1.24. The predicted molar refractivity (Wildman–Crippen MR) is 89.8 cm³/mol. The minimum atomic E-state index is -0.0469. The fourth-order valence-electron chi connectivity index (χ4n) is 3.11. The summed E-state index contributed by atoms with van der Waals surface area (Å²) in [6.07, 6.45) is 7.12. The number of benzene rings is 1. The Labute approximate surface area is 142 Å². The lowest BCUT2D eigenvalue weighted by atomic mass is 10.1. The van der Waals surface area contributed by atoms with Gasteiger partial charge in [0, 0.05) is 17.6 Å². The highest BCUT2D eigenvalue weighted by Crippen LogP contribution is 2.44. The average Bonchev–Trinajstić information content (AvgIpc) is 3.44. The third-order valence-electron chi connectivity index (χ3n) is 4.99. The van der Waals surface area contributed by atoms with Gasteiger partial charge in [-0.3, -0.25) is 9.59 Å². The Hall–Kier alpha value is -2.04. The molecule has 0 atom stereocenters. The van der Waals surface area contributed by atoms with Gasteiger partial charge in [-0.1, -0.05) is 0 Å². The molecule has 0 aromatic heterocycles. The highest BCUT2D eigenvalue weighted by molar-refractivity contribution is 5.94. The number of amides is 2. The van der Waals surface area contributed by atoms with E-state index in [-0.39, 0.29) is 18.4 Å². The second kappa shape index (κ2) is 6.46. The molecule has 2 amide bonds. The van der Waals surface area contributed by atoms with Crippen LogP contribution in [0.15, 0.2) is 24.3 Å². The Bertz CT molecular complexity index is 604. The van der Waals surface area contributed by atoms with Crippen LogP contribution in [-0.2, 0) is 4.79 Å². The summed E-state index contributed by atoms with van der Waals surface area (Å²) < 4.78 is 5.55.